The van der Waals surface area contributed by atoms with Crippen molar-refractivity contribution < 1.29 is 23.0 Å². The zero-order valence-electron chi connectivity index (χ0n) is 9.29. The molecular formula is C11H14F3NO2. The smallest absolute Gasteiger partial charge is 0.390 e. The van der Waals surface area contributed by atoms with Gasteiger partial charge in [-0.25, -0.2) is 0 Å². The molecule has 0 spiro atoms. The summed E-state index contributed by atoms with van der Waals surface area (Å²) in [6.07, 6.45) is -5.42. The van der Waals surface area contributed by atoms with E-state index in [0.717, 1.165) is 0 Å². The summed E-state index contributed by atoms with van der Waals surface area (Å²) in [4.78, 5) is 0. The molecule has 0 fully saturated rings. The molecule has 1 rings (SSSR count). The maximum Gasteiger partial charge on any atom is 0.390 e. The van der Waals surface area contributed by atoms with Gasteiger partial charge in [0, 0.05) is 6.04 Å². The molecule has 0 bridgehead atoms. The Balaban J connectivity index is 2.87. The SMILES string of the molecule is CCOc1cc([C@@H](N)CC(F)(F)F)ccc1O. The number of hydrogen-bond acceptors (Lipinski definition) is 3. The van der Waals surface area contributed by atoms with Crippen molar-refractivity contribution in [2.45, 2.75) is 25.6 Å². The lowest BCUT2D eigenvalue weighted by Crippen LogP contribution is -2.20. The fraction of sp³-hybridized carbons (Fsp3) is 0.455. The van der Waals surface area contributed by atoms with Gasteiger partial charge in [0.25, 0.3) is 0 Å². The Morgan fingerprint density at radius 3 is 2.59 bits per heavy atom. The second-order valence-electron chi connectivity index (χ2n) is 3.59. The number of aromatic hydroxyl groups is 1. The van der Waals surface area contributed by atoms with E-state index in [1.54, 1.807) is 6.92 Å². The number of phenols is 1. The molecule has 3 N–H and O–H groups in total. The van der Waals surface area contributed by atoms with E-state index in [4.69, 9.17) is 10.5 Å². The molecule has 0 amide bonds. The number of ether oxygens (including phenoxy) is 1. The fourth-order valence-corrected chi connectivity index (χ4v) is 1.40. The molecule has 0 aromatic heterocycles. The first-order chi connectivity index (χ1) is 7.83. The van der Waals surface area contributed by atoms with E-state index in [-0.39, 0.29) is 17.1 Å². The average Bonchev–Trinajstić information content (AvgIpc) is 2.19. The third-order valence-corrected chi connectivity index (χ3v) is 2.16. The molecule has 0 unspecified atom stereocenters. The van der Waals surface area contributed by atoms with Crippen molar-refractivity contribution in [3.05, 3.63) is 23.8 Å². The number of phenolic OH excluding ortho intramolecular Hbond substituents is 1. The van der Waals surface area contributed by atoms with Gasteiger partial charge in [-0.3, -0.25) is 0 Å². The maximum atomic E-state index is 12.2. The van der Waals surface area contributed by atoms with E-state index in [1.165, 1.54) is 18.2 Å². The van der Waals surface area contributed by atoms with E-state index in [9.17, 15) is 18.3 Å². The van der Waals surface area contributed by atoms with Crippen LogP contribution < -0.4 is 10.5 Å². The van der Waals surface area contributed by atoms with Gasteiger partial charge < -0.3 is 15.6 Å². The zero-order valence-corrected chi connectivity index (χ0v) is 9.29. The number of hydrogen-bond donors (Lipinski definition) is 2. The highest BCUT2D eigenvalue weighted by atomic mass is 19.4. The Morgan fingerprint density at radius 2 is 2.06 bits per heavy atom. The van der Waals surface area contributed by atoms with E-state index in [1.807, 2.05) is 0 Å². The summed E-state index contributed by atoms with van der Waals surface area (Å²) in [6.45, 7) is 2.02. The Kier molecular flexibility index (Phi) is 4.22. The van der Waals surface area contributed by atoms with Crippen LogP contribution in [0.2, 0.25) is 0 Å². The van der Waals surface area contributed by atoms with Crippen LogP contribution >= 0.6 is 0 Å². The Hall–Kier alpha value is -1.43. The molecule has 0 heterocycles. The lowest BCUT2D eigenvalue weighted by atomic mass is 10.0. The lowest BCUT2D eigenvalue weighted by molar-refractivity contribution is -0.138. The van der Waals surface area contributed by atoms with Gasteiger partial charge in [0.15, 0.2) is 11.5 Å². The molecule has 1 aromatic carbocycles. The van der Waals surface area contributed by atoms with Crippen molar-refractivity contribution in [1.29, 1.82) is 0 Å². The highest BCUT2D eigenvalue weighted by molar-refractivity contribution is 5.42. The predicted molar refractivity (Wildman–Crippen MR) is 56.9 cm³/mol. The summed E-state index contributed by atoms with van der Waals surface area (Å²) in [5.41, 5.74) is 5.72. The van der Waals surface area contributed by atoms with Gasteiger partial charge in [0.2, 0.25) is 0 Å². The number of rotatable bonds is 4. The van der Waals surface area contributed by atoms with Crippen LogP contribution in [-0.2, 0) is 0 Å². The van der Waals surface area contributed by atoms with Crippen LogP contribution in [0.25, 0.3) is 0 Å². The van der Waals surface area contributed by atoms with Gasteiger partial charge >= 0.3 is 6.18 Å². The van der Waals surface area contributed by atoms with Crippen LogP contribution in [0, 0.1) is 0 Å². The van der Waals surface area contributed by atoms with Crippen molar-refractivity contribution >= 4 is 0 Å². The topological polar surface area (TPSA) is 55.5 Å². The molecule has 17 heavy (non-hydrogen) atoms. The van der Waals surface area contributed by atoms with Crippen LogP contribution in [0.15, 0.2) is 18.2 Å². The molecule has 1 atom stereocenters. The molecule has 6 heteroatoms. The minimum atomic E-state index is -4.32. The molecule has 1 aromatic rings. The molecular weight excluding hydrogens is 235 g/mol. The van der Waals surface area contributed by atoms with Gasteiger partial charge in [0.05, 0.1) is 13.0 Å². The molecule has 0 aliphatic carbocycles. The summed E-state index contributed by atoms with van der Waals surface area (Å²) < 4.78 is 41.5. The molecule has 96 valence electrons. The highest BCUT2D eigenvalue weighted by Crippen LogP contribution is 2.33. The third-order valence-electron chi connectivity index (χ3n) is 2.16. The first-order valence-electron chi connectivity index (χ1n) is 5.11. The maximum absolute atomic E-state index is 12.2. The van der Waals surface area contributed by atoms with Crippen LogP contribution in [0.5, 0.6) is 11.5 Å². The predicted octanol–water partition coefficient (Wildman–Crippen LogP) is 2.74. The van der Waals surface area contributed by atoms with Crippen molar-refractivity contribution in [3.8, 4) is 11.5 Å². The van der Waals surface area contributed by atoms with E-state index in [0.29, 0.717) is 6.61 Å². The summed E-state index contributed by atoms with van der Waals surface area (Å²) in [7, 11) is 0. The van der Waals surface area contributed by atoms with Crippen LogP contribution in [0.3, 0.4) is 0 Å². The third kappa shape index (κ3) is 4.14. The summed E-state index contributed by atoms with van der Waals surface area (Å²) in [6, 6.07) is 2.80. The molecule has 0 saturated heterocycles. The molecule has 0 saturated carbocycles. The summed E-state index contributed by atoms with van der Waals surface area (Å²) in [5, 5.41) is 9.39. The van der Waals surface area contributed by atoms with Gasteiger partial charge in [0.1, 0.15) is 0 Å². The minimum absolute atomic E-state index is 0.116. The molecule has 0 radical (unpaired) electrons. The number of benzene rings is 1. The summed E-state index contributed by atoms with van der Waals surface area (Å²) >= 11 is 0. The fourth-order valence-electron chi connectivity index (χ4n) is 1.40. The van der Waals surface area contributed by atoms with Gasteiger partial charge in [-0.15, -0.1) is 0 Å². The van der Waals surface area contributed by atoms with Crippen molar-refractivity contribution in [3.63, 3.8) is 0 Å². The Labute approximate surface area is 97.0 Å². The second-order valence-corrected chi connectivity index (χ2v) is 3.59. The van der Waals surface area contributed by atoms with Crippen molar-refractivity contribution in [2.24, 2.45) is 5.73 Å². The Bertz CT molecular complexity index is 379. The van der Waals surface area contributed by atoms with Crippen molar-refractivity contribution in [1.82, 2.24) is 0 Å². The quantitative estimate of drug-likeness (QED) is 0.862. The first-order valence-corrected chi connectivity index (χ1v) is 5.11. The molecule has 0 aliphatic rings. The second kappa shape index (κ2) is 5.27. The van der Waals surface area contributed by atoms with E-state index < -0.39 is 18.6 Å². The van der Waals surface area contributed by atoms with Gasteiger partial charge in [-0.2, -0.15) is 13.2 Å². The largest absolute Gasteiger partial charge is 0.504 e. The average molecular weight is 249 g/mol. The number of nitrogens with two attached hydrogens (primary N) is 1. The number of halogens is 3. The highest BCUT2D eigenvalue weighted by Gasteiger charge is 2.31. The summed E-state index contributed by atoms with van der Waals surface area (Å²) in [5.74, 6) is 0.0254. The normalized spacial score (nSPS) is 13.5. The first kappa shape index (κ1) is 13.6. The Morgan fingerprint density at radius 1 is 1.41 bits per heavy atom. The zero-order chi connectivity index (χ0) is 13.1. The number of alkyl halides is 3. The monoisotopic (exact) mass is 249 g/mol. The van der Waals surface area contributed by atoms with Crippen LogP contribution in [0.1, 0.15) is 24.9 Å². The lowest BCUT2D eigenvalue weighted by Gasteiger charge is -2.16. The minimum Gasteiger partial charge on any atom is -0.504 e. The van der Waals surface area contributed by atoms with Crippen LogP contribution in [-0.4, -0.2) is 17.9 Å². The van der Waals surface area contributed by atoms with E-state index >= 15 is 0 Å². The molecule has 3 nitrogen and oxygen atoms in total. The van der Waals surface area contributed by atoms with Crippen LogP contribution in [0.4, 0.5) is 13.2 Å². The van der Waals surface area contributed by atoms with Gasteiger partial charge in [-0.05, 0) is 24.6 Å². The van der Waals surface area contributed by atoms with E-state index in [2.05, 4.69) is 0 Å². The standard InChI is InChI=1S/C11H14F3NO2/c1-2-17-10-5-7(3-4-9(10)16)8(15)6-11(12,13)14/h3-5,8,16H,2,6,15H2,1H3/t8-/m0/s1. The van der Waals surface area contributed by atoms with Crippen molar-refractivity contribution in [2.75, 3.05) is 6.61 Å². The molecule has 0 aliphatic heterocycles. The van der Waals surface area contributed by atoms with Gasteiger partial charge in [-0.1, -0.05) is 6.07 Å².